The molecule has 0 saturated carbocycles. The van der Waals surface area contributed by atoms with Crippen molar-refractivity contribution in [1.29, 1.82) is 0 Å². The minimum Gasteiger partial charge on any atom is -0.351 e. The number of hydrogen-bond donors (Lipinski definition) is 3. The fourth-order valence-electron chi connectivity index (χ4n) is 4.13. The number of fused-ring (bicyclic) bond motifs is 1. The summed E-state index contributed by atoms with van der Waals surface area (Å²) in [5, 5.41) is 13.5. The maximum atomic E-state index is 12.3. The van der Waals surface area contributed by atoms with Crippen LogP contribution in [0.5, 0.6) is 0 Å². The standard InChI is InChI=1S/C18H31N5O.ClH/c1-13-9-14(2)12-23(11-13)8-4-3-6-20-18(24)17-15-10-19-7-5-16(15)21-22-17;/h13-14,19H,3-12H2,1-2H3,(H,20,24)(H,21,22);1H. The van der Waals surface area contributed by atoms with Crippen LogP contribution in [0.1, 0.15) is 54.9 Å². The summed E-state index contributed by atoms with van der Waals surface area (Å²) in [6.45, 7) is 10.7. The molecule has 2 unspecified atom stereocenters. The number of carbonyl (C=O) groups excluding carboxylic acids is 1. The number of hydrogen-bond acceptors (Lipinski definition) is 4. The lowest BCUT2D eigenvalue weighted by Crippen LogP contribution is -2.39. The lowest BCUT2D eigenvalue weighted by Gasteiger charge is -2.34. The molecule has 1 amide bonds. The molecule has 2 aliphatic heterocycles. The van der Waals surface area contributed by atoms with Gasteiger partial charge in [-0.1, -0.05) is 13.8 Å². The first-order valence-corrected chi connectivity index (χ1v) is 9.41. The Labute approximate surface area is 156 Å². The van der Waals surface area contributed by atoms with E-state index in [1.807, 2.05) is 0 Å². The number of carbonyl (C=O) groups is 1. The van der Waals surface area contributed by atoms with Gasteiger partial charge in [-0.05, 0) is 37.6 Å². The van der Waals surface area contributed by atoms with Gasteiger partial charge in [0.05, 0.1) is 0 Å². The quantitative estimate of drug-likeness (QED) is 0.670. The predicted molar refractivity (Wildman–Crippen MR) is 102 cm³/mol. The minimum absolute atomic E-state index is 0. The van der Waals surface area contributed by atoms with Crippen molar-refractivity contribution in [2.45, 2.75) is 46.1 Å². The first-order valence-electron chi connectivity index (χ1n) is 9.41. The number of halogens is 1. The summed E-state index contributed by atoms with van der Waals surface area (Å²) in [5.74, 6) is 1.58. The fraction of sp³-hybridized carbons (Fsp3) is 0.778. The van der Waals surface area contributed by atoms with E-state index in [2.05, 4.69) is 39.6 Å². The molecule has 0 aliphatic carbocycles. The normalized spacial score (nSPS) is 23.6. The van der Waals surface area contributed by atoms with Crippen LogP contribution in [0.2, 0.25) is 0 Å². The molecule has 0 radical (unpaired) electrons. The van der Waals surface area contributed by atoms with Crippen molar-refractivity contribution >= 4 is 18.3 Å². The van der Waals surface area contributed by atoms with Crippen LogP contribution < -0.4 is 10.6 Å². The molecule has 2 aliphatic rings. The van der Waals surface area contributed by atoms with Gasteiger partial charge in [0, 0.05) is 50.4 Å². The molecular weight excluding hydrogens is 338 g/mol. The van der Waals surface area contributed by atoms with Crippen molar-refractivity contribution in [2.24, 2.45) is 11.8 Å². The number of unbranched alkanes of at least 4 members (excludes halogenated alkanes) is 1. The van der Waals surface area contributed by atoms with E-state index in [1.54, 1.807) is 0 Å². The van der Waals surface area contributed by atoms with Gasteiger partial charge in [-0.3, -0.25) is 9.89 Å². The maximum Gasteiger partial charge on any atom is 0.272 e. The topological polar surface area (TPSA) is 73.0 Å². The summed E-state index contributed by atoms with van der Waals surface area (Å²) in [6.07, 6.45) is 4.44. The van der Waals surface area contributed by atoms with E-state index in [0.29, 0.717) is 5.69 Å². The van der Waals surface area contributed by atoms with Crippen LogP contribution in [-0.2, 0) is 13.0 Å². The predicted octanol–water partition coefficient (Wildman–Crippen LogP) is 1.97. The van der Waals surface area contributed by atoms with E-state index in [1.165, 1.54) is 19.5 Å². The van der Waals surface area contributed by atoms with Gasteiger partial charge in [-0.25, -0.2) is 0 Å². The van der Waals surface area contributed by atoms with Gasteiger partial charge in [0.15, 0.2) is 5.69 Å². The highest BCUT2D eigenvalue weighted by molar-refractivity contribution is 5.94. The Bertz CT molecular complexity index is 552. The van der Waals surface area contributed by atoms with E-state index in [4.69, 9.17) is 0 Å². The summed E-state index contributed by atoms with van der Waals surface area (Å²) in [5.41, 5.74) is 2.71. The van der Waals surface area contributed by atoms with Crippen molar-refractivity contribution in [3.05, 3.63) is 17.0 Å². The molecule has 1 saturated heterocycles. The molecule has 1 fully saturated rings. The van der Waals surface area contributed by atoms with Gasteiger partial charge in [0.2, 0.25) is 0 Å². The van der Waals surface area contributed by atoms with Gasteiger partial charge >= 0.3 is 0 Å². The monoisotopic (exact) mass is 369 g/mol. The molecule has 1 aromatic rings. The van der Waals surface area contributed by atoms with Gasteiger partial charge < -0.3 is 15.5 Å². The number of nitrogens with one attached hydrogen (secondary N) is 3. The van der Waals surface area contributed by atoms with Crippen LogP contribution in [0.15, 0.2) is 0 Å². The van der Waals surface area contributed by atoms with Crippen LogP contribution in [0.3, 0.4) is 0 Å². The van der Waals surface area contributed by atoms with E-state index in [9.17, 15) is 4.79 Å². The lowest BCUT2D eigenvalue weighted by molar-refractivity contribution is 0.0945. The zero-order valence-electron chi connectivity index (χ0n) is 15.4. The molecule has 3 heterocycles. The smallest absolute Gasteiger partial charge is 0.272 e. The Morgan fingerprint density at radius 3 is 2.80 bits per heavy atom. The van der Waals surface area contributed by atoms with Gasteiger partial charge in [-0.15, -0.1) is 12.4 Å². The zero-order chi connectivity index (χ0) is 16.9. The van der Waals surface area contributed by atoms with Crippen molar-refractivity contribution in [3.63, 3.8) is 0 Å². The Kier molecular flexibility index (Phi) is 7.72. The summed E-state index contributed by atoms with van der Waals surface area (Å²) in [7, 11) is 0. The second-order valence-corrected chi connectivity index (χ2v) is 7.62. The number of nitrogens with zero attached hydrogens (tertiary/aromatic N) is 2. The Hall–Kier alpha value is -1.11. The average molecular weight is 370 g/mol. The number of amides is 1. The number of H-pyrrole nitrogens is 1. The van der Waals surface area contributed by atoms with Crippen molar-refractivity contribution < 1.29 is 4.79 Å². The summed E-state index contributed by atoms with van der Waals surface area (Å²) >= 11 is 0. The van der Waals surface area contributed by atoms with Crippen LogP contribution >= 0.6 is 12.4 Å². The van der Waals surface area contributed by atoms with Gasteiger partial charge in [0.25, 0.3) is 5.91 Å². The van der Waals surface area contributed by atoms with Crippen molar-refractivity contribution in [3.8, 4) is 0 Å². The van der Waals surface area contributed by atoms with Crippen LogP contribution in [0.4, 0.5) is 0 Å². The molecule has 7 heteroatoms. The molecule has 25 heavy (non-hydrogen) atoms. The van der Waals surface area contributed by atoms with Crippen molar-refractivity contribution in [1.82, 2.24) is 25.7 Å². The van der Waals surface area contributed by atoms with E-state index in [-0.39, 0.29) is 18.3 Å². The summed E-state index contributed by atoms with van der Waals surface area (Å²) in [4.78, 5) is 14.9. The molecule has 0 spiro atoms. The van der Waals surface area contributed by atoms with Crippen molar-refractivity contribution in [2.75, 3.05) is 32.7 Å². The highest BCUT2D eigenvalue weighted by Gasteiger charge is 2.22. The molecule has 0 aromatic carbocycles. The molecule has 3 N–H and O–H groups in total. The Morgan fingerprint density at radius 2 is 2.04 bits per heavy atom. The SMILES string of the molecule is CC1CC(C)CN(CCCCNC(=O)c2n[nH]c3c2CNCC3)C1.Cl. The number of aromatic amines is 1. The first-order chi connectivity index (χ1) is 11.6. The van der Waals surface area contributed by atoms with E-state index in [0.717, 1.165) is 68.5 Å². The van der Waals surface area contributed by atoms with Gasteiger partial charge in [0.1, 0.15) is 0 Å². The summed E-state index contributed by atoms with van der Waals surface area (Å²) < 4.78 is 0. The minimum atomic E-state index is -0.0450. The Morgan fingerprint density at radius 1 is 1.28 bits per heavy atom. The highest BCUT2D eigenvalue weighted by Crippen LogP contribution is 2.21. The van der Waals surface area contributed by atoms with Crippen LogP contribution in [0.25, 0.3) is 0 Å². The molecule has 0 bridgehead atoms. The third kappa shape index (κ3) is 5.43. The second-order valence-electron chi connectivity index (χ2n) is 7.62. The fourth-order valence-corrected chi connectivity index (χ4v) is 4.13. The first kappa shape index (κ1) is 20.2. The van der Waals surface area contributed by atoms with E-state index < -0.39 is 0 Å². The third-order valence-electron chi connectivity index (χ3n) is 5.15. The van der Waals surface area contributed by atoms with E-state index >= 15 is 0 Å². The maximum absolute atomic E-state index is 12.3. The third-order valence-corrected chi connectivity index (χ3v) is 5.15. The lowest BCUT2D eigenvalue weighted by atomic mass is 9.92. The van der Waals surface area contributed by atoms with Gasteiger partial charge in [-0.2, -0.15) is 5.10 Å². The van der Waals surface area contributed by atoms with Crippen LogP contribution in [0, 0.1) is 11.8 Å². The molecule has 3 rings (SSSR count). The molecular formula is C18H32ClN5O. The largest absolute Gasteiger partial charge is 0.351 e. The average Bonchev–Trinajstić information content (AvgIpc) is 2.97. The second kappa shape index (κ2) is 9.55. The molecule has 6 nitrogen and oxygen atoms in total. The number of aromatic nitrogens is 2. The molecule has 142 valence electrons. The zero-order valence-corrected chi connectivity index (χ0v) is 16.3. The summed E-state index contributed by atoms with van der Waals surface area (Å²) in [6, 6.07) is 0. The highest BCUT2D eigenvalue weighted by atomic mass is 35.5. The number of rotatable bonds is 6. The Balaban J connectivity index is 0.00000225. The molecule has 2 atom stereocenters. The molecule has 1 aromatic heterocycles. The number of likely N-dealkylation sites (tertiary alicyclic amines) is 1. The van der Waals surface area contributed by atoms with Crippen LogP contribution in [-0.4, -0.2) is 53.7 Å². The number of piperidine rings is 1.